The van der Waals surface area contributed by atoms with Gasteiger partial charge in [0.25, 0.3) is 0 Å². The van der Waals surface area contributed by atoms with Crippen LogP contribution >= 0.6 is 0 Å². The van der Waals surface area contributed by atoms with Gasteiger partial charge in [0, 0.05) is 24.1 Å². The van der Waals surface area contributed by atoms with E-state index < -0.39 is 25.2 Å². The molecule has 0 aliphatic rings. The summed E-state index contributed by atoms with van der Waals surface area (Å²) < 4.78 is 15.9. The van der Waals surface area contributed by atoms with Gasteiger partial charge in [0.15, 0.2) is 18.6 Å². The minimum absolute atomic E-state index is 0.0326. The lowest BCUT2D eigenvalue weighted by atomic mass is 10.1. The number of aliphatic carboxylic acids is 2. The molecule has 0 atom stereocenters. The van der Waals surface area contributed by atoms with Crippen molar-refractivity contribution in [2.24, 2.45) is 0 Å². The topological polar surface area (TPSA) is 123 Å². The Morgan fingerprint density at radius 1 is 1.12 bits per heavy atom. The van der Waals surface area contributed by atoms with Crippen molar-refractivity contribution < 1.29 is 33.7 Å². The number of ether oxygens (including phenoxy) is 2. The van der Waals surface area contributed by atoms with Crippen molar-refractivity contribution in [2.75, 3.05) is 13.2 Å². The Hall–Kier alpha value is -3.03. The maximum atomic E-state index is 12.5. The van der Waals surface area contributed by atoms with Crippen LogP contribution in [0.5, 0.6) is 11.5 Å². The summed E-state index contributed by atoms with van der Waals surface area (Å²) in [7, 11) is 0. The first kappa shape index (κ1) is 17.3. The molecule has 0 aliphatic heterocycles. The summed E-state index contributed by atoms with van der Waals surface area (Å²) in [5.41, 5.74) is 0.216. The molecule has 0 unspecified atom stereocenters. The van der Waals surface area contributed by atoms with E-state index in [0.29, 0.717) is 17.7 Å². The van der Waals surface area contributed by atoms with Gasteiger partial charge in [-0.25, -0.2) is 9.59 Å². The quantitative estimate of drug-likeness (QED) is 0.781. The third kappa shape index (κ3) is 3.65. The van der Waals surface area contributed by atoms with Crippen molar-refractivity contribution >= 4 is 22.9 Å². The second kappa shape index (κ2) is 7.03. The molecule has 0 bridgehead atoms. The summed E-state index contributed by atoms with van der Waals surface area (Å²) in [5, 5.41) is 17.5. The van der Waals surface area contributed by atoms with Gasteiger partial charge in [0.2, 0.25) is 0 Å². The number of hydrogen-bond acceptors (Lipinski definition) is 6. The highest BCUT2D eigenvalue weighted by atomic mass is 16.5. The number of benzene rings is 1. The zero-order chi connectivity index (χ0) is 17.9. The fourth-order valence-electron chi connectivity index (χ4n) is 2.21. The number of rotatable bonds is 7. The van der Waals surface area contributed by atoms with Crippen LogP contribution in [0.15, 0.2) is 21.3 Å². The first-order valence-electron chi connectivity index (χ1n) is 7.13. The molecule has 2 rings (SSSR count). The van der Waals surface area contributed by atoms with Gasteiger partial charge in [-0.05, 0) is 6.92 Å². The van der Waals surface area contributed by atoms with Crippen LogP contribution in [-0.2, 0) is 16.0 Å². The first-order chi connectivity index (χ1) is 11.3. The monoisotopic (exact) mass is 336 g/mol. The van der Waals surface area contributed by atoms with Gasteiger partial charge in [0.1, 0.15) is 28.2 Å². The van der Waals surface area contributed by atoms with Crippen molar-refractivity contribution in [3.8, 4) is 11.5 Å². The molecule has 0 radical (unpaired) electrons. The molecule has 0 fully saturated rings. The Kier molecular flexibility index (Phi) is 5.08. The summed E-state index contributed by atoms with van der Waals surface area (Å²) in [6.45, 7) is 2.18. The molecular weight excluding hydrogens is 320 g/mol. The zero-order valence-electron chi connectivity index (χ0n) is 13.1. The van der Waals surface area contributed by atoms with E-state index >= 15 is 0 Å². The molecule has 0 saturated carbocycles. The average Bonchev–Trinajstić information content (AvgIpc) is 2.53. The molecule has 0 spiro atoms. The Morgan fingerprint density at radius 3 is 2.33 bits per heavy atom. The van der Waals surface area contributed by atoms with Crippen LogP contribution in [0, 0.1) is 6.92 Å². The Balaban J connectivity index is 2.63. The molecule has 1 heterocycles. The molecule has 0 saturated heterocycles. The fourth-order valence-corrected chi connectivity index (χ4v) is 2.21. The second-order valence-electron chi connectivity index (χ2n) is 4.99. The molecule has 128 valence electrons. The first-order valence-corrected chi connectivity index (χ1v) is 7.13. The molecule has 1 aromatic carbocycles. The molecule has 2 N–H and O–H groups in total. The molecule has 0 amide bonds. The Bertz CT molecular complexity index is 849. The van der Waals surface area contributed by atoms with Gasteiger partial charge in [0.05, 0.1) is 0 Å². The summed E-state index contributed by atoms with van der Waals surface area (Å²) >= 11 is 0. The predicted octanol–water partition coefficient (Wildman–Crippen LogP) is 1.59. The highest BCUT2D eigenvalue weighted by molar-refractivity contribution is 5.86. The number of carbonyl (C=O) groups is 2. The summed E-state index contributed by atoms with van der Waals surface area (Å²) in [4.78, 5) is 33.9. The second-order valence-corrected chi connectivity index (χ2v) is 4.99. The van der Waals surface area contributed by atoms with Crippen molar-refractivity contribution in [2.45, 2.75) is 20.3 Å². The number of carboxylic acid groups (broad SMARTS) is 2. The normalized spacial score (nSPS) is 10.6. The lowest BCUT2D eigenvalue weighted by Gasteiger charge is -2.12. The van der Waals surface area contributed by atoms with E-state index in [0.717, 1.165) is 0 Å². The minimum Gasteiger partial charge on any atom is -0.482 e. The van der Waals surface area contributed by atoms with Gasteiger partial charge in [-0.2, -0.15) is 0 Å². The summed E-state index contributed by atoms with van der Waals surface area (Å²) in [5.74, 6) is -1.85. The Morgan fingerprint density at radius 2 is 1.75 bits per heavy atom. The van der Waals surface area contributed by atoms with Gasteiger partial charge >= 0.3 is 11.9 Å². The van der Waals surface area contributed by atoms with E-state index in [1.54, 1.807) is 6.92 Å². The number of hydrogen-bond donors (Lipinski definition) is 2. The molecule has 8 nitrogen and oxygen atoms in total. The Labute approximate surface area is 136 Å². The van der Waals surface area contributed by atoms with Crippen molar-refractivity contribution in [3.63, 3.8) is 0 Å². The number of fused-ring (bicyclic) bond motifs is 1. The van der Waals surface area contributed by atoms with E-state index in [4.69, 9.17) is 24.1 Å². The average molecular weight is 336 g/mol. The van der Waals surface area contributed by atoms with Crippen molar-refractivity contribution in [3.05, 3.63) is 33.7 Å². The highest BCUT2D eigenvalue weighted by Crippen LogP contribution is 2.31. The van der Waals surface area contributed by atoms with Crippen LogP contribution in [0.1, 0.15) is 18.2 Å². The molecule has 24 heavy (non-hydrogen) atoms. The highest BCUT2D eigenvalue weighted by Gasteiger charge is 2.17. The maximum Gasteiger partial charge on any atom is 0.341 e. The standard InChI is InChI=1S/C16H16O8/c1-3-10-8(2)16(21)15-11(23-7-14(19)20)4-9(5-12(15)24-10)22-6-13(17)18/h4-5H,3,6-7H2,1-2H3,(H,17,18)(H,19,20). The number of carboxylic acids is 2. The van der Waals surface area contributed by atoms with E-state index in [1.807, 2.05) is 6.92 Å². The largest absolute Gasteiger partial charge is 0.482 e. The van der Waals surface area contributed by atoms with Crippen LogP contribution in [0.4, 0.5) is 0 Å². The van der Waals surface area contributed by atoms with Crippen LogP contribution in [-0.4, -0.2) is 35.4 Å². The van der Waals surface area contributed by atoms with Crippen LogP contribution in [0.3, 0.4) is 0 Å². The van der Waals surface area contributed by atoms with Gasteiger partial charge in [-0.3, -0.25) is 4.79 Å². The SMILES string of the molecule is CCc1oc2cc(OCC(=O)O)cc(OCC(=O)O)c2c(=O)c1C. The smallest absolute Gasteiger partial charge is 0.341 e. The molecule has 2 aromatic rings. The molecule has 8 heteroatoms. The number of aryl methyl sites for hydroxylation is 1. The zero-order valence-corrected chi connectivity index (χ0v) is 13.1. The van der Waals surface area contributed by atoms with E-state index in [1.165, 1.54) is 12.1 Å². The van der Waals surface area contributed by atoms with Crippen LogP contribution < -0.4 is 14.9 Å². The van der Waals surface area contributed by atoms with Crippen LogP contribution in [0.2, 0.25) is 0 Å². The molecular formula is C16H16O8. The predicted molar refractivity (Wildman–Crippen MR) is 82.9 cm³/mol. The summed E-state index contributed by atoms with van der Waals surface area (Å²) in [6, 6.07) is 2.65. The van der Waals surface area contributed by atoms with Crippen molar-refractivity contribution in [1.82, 2.24) is 0 Å². The van der Waals surface area contributed by atoms with Crippen molar-refractivity contribution in [1.29, 1.82) is 0 Å². The third-order valence-corrected chi connectivity index (χ3v) is 3.29. The molecule has 0 aliphatic carbocycles. The minimum atomic E-state index is -1.22. The van der Waals surface area contributed by atoms with Gasteiger partial charge in [-0.1, -0.05) is 6.92 Å². The lowest BCUT2D eigenvalue weighted by Crippen LogP contribution is -2.15. The van der Waals surface area contributed by atoms with E-state index in [-0.39, 0.29) is 27.9 Å². The van der Waals surface area contributed by atoms with E-state index in [2.05, 4.69) is 0 Å². The fraction of sp³-hybridized carbons (Fsp3) is 0.312. The summed E-state index contributed by atoms with van der Waals surface area (Å²) in [6.07, 6.45) is 0.489. The molecule has 1 aromatic heterocycles. The lowest BCUT2D eigenvalue weighted by molar-refractivity contribution is -0.140. The van der Waals surface area contributed by atoms with E-state index in [9.17, 15) is 14.4 Å². The maximum absolute atomic E-state index is 12.5. The third-order valence-electron chi connectivity index (χ3n) is 3.29. The van der Waals surface area contributed by atoms with Gasteiger partial charge in [-0.15, -0.1) is 0 Å². The van der Waals surface area contributed by atoms with Gasteiger partial charge < -0.3 is 24.1 Å². The van der Waals surface area contributed by atoms with Crippen LogP contribution in [0.25, 0.3) is 11.0 Å².